The Labute approximate surface area is 141 Å². The number of hydrogen-bond donors (Lipinski definition) is 2. The first-order valence-corrected chi connectivity index (χ1v) is 9.24. The minimum Gasteiger partial charge on any atom is -0.357 e. The third kappa shape index (κ3) is 2.18. The number of aromatic amines is 1. The van der Waals surface area contributed by atoms with Gasteiger partial charge in [-0.15, -0.1) is 0 Å². The van der Waals surface area contributed by atoms with Gasteiger partial charge in [-0.3, -0.25) is 10.1 Å². The number of rotatable bonds is 3. The zero-order valence-electron chi connectivity index (χ0n) is 13.8. The molecule has 0 saturated heterocycles. The highest BCUT2D eigenvalue weighted by molar-refractivity contribution is 5.87. The molecule has 5 nitrogen and oxygen atoms in total. The van der Waals surface area contributed by atoms with Gasteiger partial charge in [0.2, 0.25) is 0 Å². The van der Waals surface area contributed by atoms with E-state index >= 15 is 0 Å². The summed E-state index contributed by atoms with van der Waals surface area (Å²) in [6.07, 6.45) is 8.90. The summed E-state index contributed by atoms with van der Waals surface area (Å²) >= 11 is 0. The Morgan fingerprint density at radius 1 is 1.21 bits per heavy atom. The van der Waals surface area contributed by atoms with Crippen molar-refractivity contribution in [1.82, 2.24) is 10.3 Å². The fraction of sp³-hybridized carbons (Fsp3) is 0.579. The average molecular weight is 325 g/mol. The largest absolute Gasteiger partial charge is 0.357 e. The maximum Gasteiger partial charge on any atom is 0.270 e. The van der Waals surface area contributed by atoms with E-state index in [0.29, 0.717) is 12.1 Å². The molecule has 2 N–H and O–H groups in total. The maximum atomic E-state index is 11.1. The molecule has 0 aliphatic heterocycles. The van der Waals surface area contributed by atoms with Gasteiger partial charge in [-0.1, -0.05) is 6.42 Å². The molecule has 2 bridgehead atoms. The number of nitro groups is 1. The molecule has 0 radical (unpaired) electrons. The first-order valence-electron chi connectivity index (χ1n) is 9.24. The number of non-ortho nitro benzene ring substituents is 1. The molecule has 0 amide bonds. The smallest absolute Gasteiger partial charge is 0.270 e. The number of nitrogens with zero attached hydrogens (tertiary/aromatic N) is 1. The highest BCUT2D eigenvalue weighted by atomic mass is 16.6. The van der Waals surface area contributed by atoms with Crippen LogP contribution in [0.2, 0.25) is 0 Å². The van der Waals surface area contributed by atoms with Crippen LogP contribution in [0.1, 0.15) is 55.8 Å². The monoisotopic (exact) mass is 325 g/mol. The van der Waals surface area contributed by atoms with Gasteiger partial charge in [0.25, 0.3) is 5.69 Å². The van der Waals surface area contributed by atoms with Gasteiger partial charge in [-0.05, 0) is 62.0 Å². The number of aromatic nitrogens is 1. The molecule has 0 unspecified atom stereocenters. The van der Waals surface area contributed by atoms with E-state index in [-0.39, 0.29) is 10.6 Å². The predicted molar refractivity (Wildman–Crippen MR) is 93.0 cm³/mol. The second-order valence-electron chi connectivity index (χ2n) is 7.90. The molecule has 1 aromatic heterocycles. The van der Waals surface area contributed by atoms with Gasteiger partial charge < -0.3 is 10.3 Å². The van der Waals surface area contributed by atoms with Crippen LogP contribution >= 0.6 is 0 Å². The van der Waals surface area contributed by atoms with Gasteiger partial charge in [-0.25, -0.2) is 0 Å². The Morgan fingerprint density at radius 2 is 2.12 bits per heavy atom. The van der Waals surface area contributed by atoms with Gasteiger partial charge >= 0.3 is 0 Å². The van der Waals surface area contributed by atoms with Crippen molar-refractivity contribution >= 4 is 16.6 Å². The molecule has 4 atom stereocenters. The predicted octanol–water partition coefficient (Wildman–Crippen LogP) is 4.23. The quantitative estimate of drug-likeness (QED) is 0.655. The van der Waals surface area contributed by atoms with E-state index in [1.54, 1.807) is 12.1 Å². The van der Waals surface area contributed by atoms with Crippen LogP contribution in [0.3, 0.4) is 0 Å². The molecule has 3 aliphatic rings. The van der Waals surface area contributed by atoms with Gasteiger partial charge in [0.05, 0.1) is 4.92 Å². The Balaban J connectivity index is 1.48. The van der Waals surface area contributed by atoms with Crippen molar-refractivity contribution in [2.75, 3.05) is 0 Å². The number of nitrogens with one attached hydrogen (secondary N) is 2. The summed E-state index contributed by atoms with van der Waals surface area (Å²) in [5, 5.41) is 16.1. The minimum absolute atomic E-state index is 0.187. The Bertz CT molecular complexity index is 812. The third-order valence-electron chi connectivity index (χ3n) is 6.55. The molecule has 2 saturated carbocycles. The van der Waals surface area contributed by atoms with E-state index in [2.05, 4.69) is 10.3 Å². The molecule has 24 heavy (non-hydrogen) atoms. The van der Waals surface area contributed by atoms with Crippen molar-refractivity contribution in [3.8, 4) is 0 Å². The second kappa shape index (κ2) is 5.31. The highest BCUT2D eigenvalue weighted by Crippen LogP contribution is 2.46. The van der Waals surface area contributed by atoms with Crippen LogP contribution in [-0.4, -0.2) is 15.9 Å². The topological polar surface area (TPSA) is 71.0 Å². The van der Waals surface area contributed by atoms with Crippen LogP contribution in [0, 0.1) is 22.0 Å². The summed E-state index contributed by atoms with van der Waals surface area (Å²) in [6.45, 7) is 0. The van der Waals surface area contributed by atoms with Crippen molar-refractivity contribution in [3.05, 3.63) is 39.6 Å². The van der Waals surface area contributed by atoms with Gasteiger partial charge in [-0.2, -0.15) is 0 Å². The first kappa shape index (κ1) is 14.5. The van der Waals surface area contributed by atoms with Crippen molar-refractivity contribution in [2.45, 2.75) is 57.0 Å². The van der Waals surface area contributed by atoms with Crippen LogP contribution in [-0.2, 0) is 6.42 Å². The van der Waals surface area contributed by atoms with Gasteiger partial charge in [0.15, 0.2) is 0 Å². The second-order valence-corrected chi connectivity index (χ2v) is 7.90. The zero-order chi connectivity index (χ0) is 16.3. The Morgan fingerprint density at radius 3 is 2.88 bits per heavy atom. The summed E-state index contributed by atoms with van der Waals surface area (Å²) in [5.41, 5.74) is 3.79. The van der Waals surface area contributed by atoms with Crippen LogP contribution in [0.15, 0.2) is 18.2 Å². The number of nitro benzene ring substituents is 1. The third-order valence-corrected chi connectivity index (χ3v) is 6.55. The van der Waals surface area contributed by atoms with Gasteiger partial charge in [0, 0.05) is 40.8 Å². The lowest BCUT2D eigenvalue weighted by Gasteiger charge is -2.31. The summed E-state index contributed by atoms with van der Waals surface area (Å²) in [6, 6.07) is 6.25. The van der Waals surface area contributed by atoms with E-state index in [0.717, 1.165) is 42.0 Å². The van der Waals surface area contributed by atoms with Crippen molar-refractivity contribution in [3.63, 3.8) is 0 Å². The van der Waals surface area contributed by atoms with E-state index in [9.17, 15) is 10.1 Å². The fourth-order valence-corrected chi connectivity index (χ4v) is 5.44. The van der Waals surface area contributed by atoms with Crippen molar-refractivity contribution < 1.29 is 4.92 Å². The molecular formula is C19H23N3O2. The number of H-pyrrole nitrogens is 1. The Hall–Kier alpha value is -1.88. The number of fused-ring (bicyclic) bond motifs is 5. The molecular weight excluding hydrogens is 302 g/mol. The fourth-order valence-electron chi connectivity index (χ4n) is 5.44. The normalized spacial score (nSPS) is 31.5. The molecule has 0 spiro atoms. The maximum absolute atomic E-state index is 11.1. The summed E-state index contributed by atoms with van der Waals surface area (Å²) in [4.78, 5) is 14.4. The lowest BCUT2D eigenvalue weighted by Crippen LogP contribution is -2.38. The van der Waals surface area contributed by atoms with Crippen LogP contribution in [0.5, 0.6) is 0 Å². The SMILES string of the molecule is O=[N+]([O-])c1ccc2[nH]c3c(c2c1)CCC[C@@H]3N[C@@H]1C[C@H]2CC[C@H]1C2. The molecule has 1 heterocycles. The summed E-state index contributed by atoms with van der Waals surface area (Å²) < 4.78 is 0. The molecule has 5 rings (SSSR count). The van der Waals surface area contributed by atoms with Crippen LogP contribution < -0.4 is 5.32 Å². The summed E-state index contributed by atoms with van der Waals surface area (Å²) in [7, 11) is 0. The lowest BCUT2D eigenvalue weighted by molar-refractivity contribution is -0.384. The molecule has 1 aromatic carbocycles. The minimum atomic E-state index is -0.299. The standard InChI is InChI=1S/C19H23N3O2/c23-22(24)13-6-7-16-15(10-13)14-2-1-3-17(19(14)21-16)20-18-9-11-4-5-12(18)8-11/h6-7,10-12,17-18,20-21H,1-5,8-9H2/t11-,12-,17-,18+/m0/s1. The lowest BCUT2D eigenvalue weighted by atomic mass is 9.89. The molecule has 5 heteroatoms. The number of aryl methyl sites for hydroxylation is 1. The first-order chi connectivity index (χ1) is 11.7. The summed E-state index contributed by atoms with van der Waals surface area (Å²) in [5.74, 6) is 1.81. The van der Waals surface area contributed by atoms with E-state index in [4.69, 9.17) is 0 Å². The number of benzene rings is 1. The zero-order valence-corrected chi connectivity index (χ0v) is 13.8. The van der Waals surface area contributed by atoms with Gasteiger partial charge in [0.1, 0.15) is 0 Å². The molecule has 2 aromatic rings. The van der Waals surface area contributed by atoms with Crippen LogP contribution in [0.4, 0.5) is 5.69 Å². The van der Waals surface area contributed by atoms with E-state index in [1.807, 2.05) is 6.07 Å². The van der Waals surface area contributed by atoms with E-state index in [1.165, 1.54) is 36.9 Å². The van der Waals surface area contributed by atoms with Crippen molar-refractivity contribution in [1.29, 1.82) is 0 Å². The average Bonchev–Trinajstić information content (AvgIpc) is 3.28. The van der Waals surface area contributed by atoms with Crippen LogP contribution in [0.25, 0.3) is 10.9 Å². The molecule has 3 aliphatic carbocycles. The molecule has 2 fully saturated rings. The van der Waals surface area contributed by atoms with E-state index < -0.39 is 0 Å². The van der Waals surface area contributed by atoms with Crippen molar-refractivity contribution in [2.24, 2.45) is 11.8 Å². The molecule has 126 valence electrons. The number of hydrogen-bond acceptors (Lipinski definition) is 3. The highest BCUT2D eigenvalue weighted by Gasteiger charge is 2.40. The Kier molecular flexibility index (Phi) is 3.20.